The second-order valence-corrected chi connectivity index (χ2v) is 7.29. The van der Waals surface area contributed by atoms with Crippen molar-refractivity contribution in [3.63, 3.8) is 0 Å². The van der Waals surface area contributed by atoms with Crippen LogP contribution in [0.5, 0.6) is 0 Å². The third kappa shape index (κ3) is 3.99. The number of hydrogen-bond donors (Lipinski definition) is 3. The molecule has 1 saturated heterocycles. The molecule has 1 heterocycles. The number of carbonyl (C=O) groups is 4. The molecule has 9 heteroatoms. The van der Waals surface area contributed by atoms with Crippen LogP contribution in [0.15, 0.2) is 30.3 Å². The maximum absolute atomic E-state index is 12.6. The Morgan fingerprint density at radius 3 is 2.57 bits per heavy atom. The molecule has 9 nitrogen and oxygen atoms in total. The minimum atomic E-state index is -1.53. The van der Waals surface area contributed by atoms with Crippen molar-refractivity contribution in [1.82, 2.24) is 15.8 Å². The number of nitrogens with one attached hydrogen (secondary N) is 2. The van der Waals surface area contributed by atoms with Gasteiger partial charge in [-0.2, -0.15) is 5.01 Å². The van der Waals surface area contributed by atoms with Gasteiger partial charge in [-0.15, -0.1) is 0 Å². The van der Waals surface area contributed by atoms with Gasteiger partial charge in [0.2, 0.25) is 0 Å². The molecule has 1 aromatic carbocycles. The molecule has 0 radical (unpaired) electrons. The van der Waals surface area contributed by atoms with Crippen LogP contribution in [0, 0.1) is 5.92 Å². The molecule has 0 bridgehead atoms. The van der Waals surface area contributed by atoms with E-state index in [0.717, 1.165) is 12.8 Å². The van der Waals surface area contributed by atoms with Crippen LogP contribution in [0.3, 0.4) is 0 Å². The minimum Gasteiger partial charge on any atom is -0.453 e. The molecule has 4 amide bonds. The standard InChI is InChI=1S/C19H23N3O6/c1-12-7-9-19(10-8-12)17(26)22(18(27)20-19)21-14(23)11-28-16(25)15(24)13-5-3-2-4-6-13/h2-6,12,15,24H,7-11H2,1H3,(H,20,27)(H,21,23)/t12?,15-,19?/m1/s1. The second kappa shape index (κ2) is 7.97. The first-order chi connectivity index (χ1) is 13.3. The summed E-state index contributed by atoms with van der Waals surface area (Å²) in [7, 11) is 0. The number of hydrazine groups is 1. The van der Waals surface area contributed by atoms with Gasteiger partial charge < -0.3 is 15.2 Å². The van der Waals surface area contributed by atoms with Crippen molar-refractivity contribution in [2.24, 2.45) is 5.92 Å². The lowest BCUT2D eigenvalue weighted by Gasteiger charge is -2.33. The first kappa shape index (κ1) is 19.8. The van der Waals surface area contributed by atoms with E-state index >= 15 is 0 Å². The molecule has 150 valence electrons. The van der Waals surface area contributed by atoms with Crippen LogP contribution in [-0.2, 0) is 19.1 Å². The highest BCUT2D eigenvalue weighted by Crippen LogP contribution is 2.35. The summed E-state index contributed by atoms with van der Waals surface area (Å²) in [6, 6.07) is 7.42. The number of benzene rings is 1. The van der Waals surface area contributed by atoms with Crippen molar-refractivity contribution in [3.05, 3.63) is 35.9 Å². The lowest BCUT2D eigenvalue weighted by atomic mass is 9.77. The highest BCUT2D eigenvalue weighted by Gasteiger charge is 2.52. The van der Waals surface area contributed by atoms with Gasteiger partial charge in [0.25, 0.3) is 11.8 Å². The Kier molecular flexibility index (Phi) is 5.64. The summed E-state index contributed by atoms with van der Waals surface area (Å²) in [5, 5.41) is 13.2. The number of hydrogen-bond acceptors (Lipinski definition) is 6. The van der Waals surface area contributed by atoms with Gasteiger partial charge in [-0.1, -0.05) is 37.3 Å². The number of carbonyl (C=O) groups excluding carboxylic acids is 4. The molecule has 1 aliphatic carbocycles. The van der Waals surface area contributed by atoms with Crippen molar-refractivity contribution in [2.75, 3.05) is 6.61 Å². The van der Waals surface area contributed by atoms with Crippen LogP contribution in [0.2, 0.25) is 0 Å². The average molecular weight is 389 g/mol. The van der Waals surface area contributed by atoms with Crippen LogP contribution < -0.4 is 10.7 Å². The first-order valence-electron chi connectivity index (χ1n) is 9.18. The summed E-state index contributed by atoms with van der Waals surface area (Å²) in [6.07, 6.45) is 1.12. The molecule has 1 atom stereocenters. The van der Waals surface area contributed by atoms with E-state index in [-0.39, 0.29) is 0 Å². The van der Waals surface area contributed by atoms with Gasteiger partial charge in [0.1, 0.15) is 5.54 Å². The predicted molar refractivity (Wildman–Crippen MR) is 96.2 cm³/mol. The lowest BCUT2D eigenvalue weighted by Crippen LogP contribution is -2.52. The fourth-order valence-electron chi connectivity index (χ4n) is 3.46. The molecule has 2 aliphatic rings. The van der Waals surface area contributed by atoms with Crippen molar-refractivity contribution in [2.45, 2.75) is 44.2 Å². The smallest absolute Gasteiger partial charge is 0.344 e. The molecule has 1 aliphatic heterocycles. The summed E-state index contributed by atoms with van der Waals surface area (Å²) in [5.74, 6) is -1.88. The third-order valence-corrected chi connectivity index (χ3v) is 5.21. The summed E-state index contributed by atoms with van der Waals surface area (Å²) in [6.45, 7) is 1.36. The Morgan fingerprint density at radius 2 is 1.93 bits per heavy atom. The second-order valence-electron chi connectivity index (χ2n) is 7.29. The number of aliphatic hydroxyl groups is 1. The van der Waals surface area contributed by atoms with Crippen molar-refractivity contribution < 1.29 is 29.0 Å². The number of ether oxygens (including phenoxy) is 1. The summed E-state index contributed by atoms with van der Waals surface area (Å²) in [5.41, 5.74) is 1.52. The molecule has 2 fully saturated rings. The van der Waals surface area contributed by atoms with Crippen LogP contribution in [0.4, 0.5) is 4.79 Å². The highest BCUT2D eigenvalue weighted by molar-refractivity contribution is 6.08. The largest absolute Gasteiger partial charge is 0.453 e. The Morgan fingerprint density at radius 1 is 1.29 bits per heavy atom. The Labute approximate surface area is 162 Å². The third-order valence-electron chi connectivity index (χ3n) is 5.21. The monoisotopic (exact) mass is 389 g/mol. The molecule has 28 heavy (non-hydrogen) atoms. The van der Waals surface area contributed by atoms with E-state index in [1.165, 1.54) is 0 Å². The van der Waals surface area contributed by atoms with E-state index in [1.807, 2.05) is 0 Å². The Balaban J connectivity index is 1.53. The van der Waals surface area contributed by atoms with E-state index < -0.39 is 42.1 Å². The number of amides is 4. The van der Waals surface area contributed by atoms with Crippen LogP contribution in [0.1, 0.15) is 44.3 Å². The quantitative estimate of drug-likeness (QED) is 0.505. The van der Waals surface area contributed by atoms with Gasteiger partial charge in [0, 0.05) is 0 Å². The minimum absolute atomic E-state index is 0.329. The molecule has 1 saturated carbocycles. The van der Waals surface area contributed by atoms with E-state index in [0.29, 0.717) is 29.3 Å². The van der Waals surface area contributed by atoms with Gasteiger partial charge in [-0.3, -0.25) is 15.0 Å². The molecule has 3 rings (SSSR count). The fraction of sp³-hybridized carbons (Fsp3) is 0.474. The maximum atomic E-state index is 12.6. The number of esters is 1. The maximum Gasteiger partial charge on any atom is 0.344 e. The first-order valence-corrected chi connectivity index (χ1v) is 9.18. The molecular weight excluding hydrogens is 366 g/mol. The molecule has 0 aromatic heterocycles. The van der Waals surface area contributed by atoms with Gasteiger partial charge in [-0.25, -0.2) is 9.59 Å². The number of aliphatic hydroxyl groups excluding tert-OH is 1. The SMILES string of the molecule is CC1CCC2(CC1)NC(=O)N(NC(=O)COC(=O)[C@H](O)c1ccccc1)C2=O. The Hall–Kier alpha value is -2.94. The van der Waals surface area contributed by atoms with Crippen LogP contribution in [-0.4, -0.2) is 46.1 Å². The molecule has 1 aromatic rings. The predicted octanol–water partition coefficient (Wildman–Crippen LogP) is 0.795. The Bertz CT molecular complexity index is 773. The highest BCUT2D eigenvalue weighted by atomic mass is 16.5. The van der Waals surface area contributed by atoms with Crippen LogP contribution >= 0.6 is 0 Å². The van der Waals surface area contributed by atoms with Crippen molar-refractivity contribution in [1.29, 1.82) is 0 Å². The van der Waals surface area contributed by atoms with Gasteiger partial charge >= 0.3 is 12.0 Å². The van der Waals surface area contributed by atoms with Gasteiger partial charge in [0.05, 0.1) is 0 Å². The van der Waals surface area contributed by atoms with Gasteiger partial charge in [-0.05, 0) is 37.2 Å². The number of nitrogens with zero attached hydrogens (tertiary/aromatic N) is 1. The number of imide groups is 1. The van der Waals surface area contributed by atoms with E-state index in [9.17, 15) is 24.3 Å². The van der Waals surface area contributed by atoms with Crippen molar-refractivity contribution >= 4 is 23.8 Å². The zero-order valence-corrected chi connectivity index (χ0v) is 15.5. The van der Waals surface area contributed by atoms with Crippen LogP contribution in [0.25, 0.3) is 0 Å². The molecular formula is C19H23N3O6. The summed E-state index contributed by atoms with van der Waals surface area (Å²) in [4.78, 5) is 48.7. The van der Waals surface area contributed by atoms with E-state index in [2.05, 4.69) is 17.7 Å². The fourth-order valence-corrected chi connectivity index (χ4v) is 3.46. The number of urea groups is 1. The average Bonchev–Trinajstić information content (AvgIpc) is 2.92. The van der Waals surface area contributed by atoms with Gasteiger partial charge in [0.15, 0.2) is 12.7 Å². The van der Waals surface area contributed by atoms with Crippen molar-refractivity contribution in [3.8, 4) is 0 Å². The summed E-state index contributed by atoms with van der Waals surface area (Å²) >= 11 is 0. The normalized spacial score (nSPS) is 25.4. The van der Waals surface area contributed by atoms with E-state index in [1.54, 1.807) is 30.3 Å². The zero-order chi connectivity index (χ0) is 20.3. The summed E-state index contributed by atoms with van der Waals surface area (Å²) < 4.78 is 4.78. The van der Waals surface area contributed by atoms with E-state index in [4.69, 9.17) is 4.74 Å². The molecule has 0 unspecified atom stereocenters. The molecule has 1 spiro atoms. The lowest BCUT2D eigenvalue weighted by molar-refractivity contribution is -0.158. The number of rotatable bonds is 5. The zero-order valence-electron chi connectivity index (χ0n) is 15.5. The molecule has 3 N–H and O–H groups in total. The topological polar surface area (TPSA) is 125 Å².